The van der Waals surface area contributed by atoms with Crippen LogP contribution in [0.25, 0.3) is 0 Å². The third-order valence-electron chi connectivity index (χ3n) is 3.24. The van der Waals surface area contributed by atoms with Crippen molar-refractivity contribution in [1.82, 2.24) is 16.2 Å². The molecule has 26 heavy (non-hydrogen) atoms. The topological polar surface area (TPSA) is 79.5 Å². The predicted octanol–water partition coefficient (Wildman–Crippen LogP) is 2.35. The first-order valence-electron chi connectivity index (χ1n) is 8.15. The Labute approximate surface area is 157 Å². The Bertz CT molecular complexity index is 761. The second-order valence-electron chi connectivity index (χ2n) is 5.81. The van der Waals surface area contributed by atoms with Crippen LogP contribution in [-0.4, -0.2) is 23.0 Å². The highest BCUT2D eigenvalue weighted by Crippen LogP contribution is 2.13. The summed E-state index contributed by atoms with van der Waals surface area (Å²) in [6, 6.07) is 16.0. The highest BCUT2D eigenvalue weighted by molar-refractivity contribution is 7.80. The van der Waals surface area contributed by atoms with Crippen LogP contribution in [0, 0.1) is 0 Å². The summed E-state index contributed by atoms with van der Waals surface area (Å²) >= 11 is 5.01. The molecule has 2 amide bonds. The largest absolute Gasteiger partial charge is 0.491 e. The first kappa shape index (κ1) is 19.4. The molecule has 136 valence electrons. The number of benzene rings is 2. The summed E-state index contributed by atoms with van der Waals surface area (Å²) in [6.45, 7) is 3.85. The number of ether oxygens (including phenoxy) is 1. The van der Waals surface area contributed by atoms with Crippen LogP contribution in [0.15, 0.2) is 54.6 Å². The molecule has 0 aliphatic heterocycles. The molecule has 7 heteroatoms. The summed E-state index contributed by atoms with van der Waals surface area (Å²) in [6.07, 6.45) is 0.271. The molecule has 0 heterocycles. The summed E-state index contributed by atoms with van der Waals surface area (Å²) in [7, 11) is 0. The van der Waals surface area contributed by atoms with E-state index in [-0.39, 0.29) is 29.5 Å². The Morgan fingerprint density at radius 2 is 1.65 bits per heavy atom. The van der Waals surface area contributed by atoms with Crippen molar-refractivity contribution in [3.8, 4) is 5.75 Å². The van der Waals surface area contributed by atoms with Gasteiger partial charge in [0.15, 0.2) is 5.11 Å². The molecule has 0 saturated carbocycles. The maximum atomic E-state index is 12.1. The third-order valence-corrected chi connectivity index (χ3v) is 3.44. The number of nitrogens with one attached hydrogen (secondary N) is 3. The van der Waals surface area contributed by atoms with Crippen LogP contribution in [0.5, 0.6) is 5.75 Å². The van der Waals surface area contributed by atoms with Crippen molar-refractivity contribution in [3.63, 3.8) is 0 Å². The van der Waals surface area contributed by atoms with Gasteiger partial charge in [0, 0.05) is 5.56 Å². The van der Waals surface area contributed by atoms with Crippen molar-refractivity contribution in [2.75, 3.05) is 0 Å². The molecule has 0 atom stereocenters. The third kappa shape index (κ3) is 6.52. The monoisotopic (exact) mass is 371 g/mol. The molecule has 0 saturated heterocycles. The zero-order chi connectivity index (χ0) is 18.9. The molecule has 0 spiro atoms. The first-order valence-corrected chi connectivity index (χ1v) is 8.55. The molecule has 0 aliphatic carbocycles. The molecule has 3 N–H and O–H groups in total. The normalized spacial score (nSPS) is 10.1. The standard InChI is InChI=1S/C19H21N3O3S/c1-13(2)25-16-10-8-15(9-11-16)18(24)20-19(26)22-21-17(23)12-14-6-4-3-5-7-14/h3-11,13H,12H2,1-2H3,(H,21,23)(H2,20,22,24,26). The lowest BCUT2D eigenvalue weighted by molar-refractivity contribution is -0.121. The summed E-state index contributed by atoms with van der Waals surface area (Å²) in [4.78, 5) is 24.0. The van der Waals surface area contributed by atoms with E-state index < -0.39 is 0 Å². The van der Waals surface area contributed by atoms with Gasteiger partial charge in [-0.25, -0.2) is 0 Å². The molecule has 2 rings (SSSR count). The maximum Gasteiger partial charge on any atom is 0.257 e. The van der Waals surface area contributed by atoms with Gasteiger partial charge in [0.2, 0.25) is 5.91 Å². The molecule has 2 aromatic carbocycles. The van der Waals surface area contributed by atoms with E-state index in [0.29, 0.717) is 11.3 Å². The minimum absolute atomic E-state index is 0.0129. The molecular weight excluding hydrogens is 350 g/mol. The number of thiocarbonyl (C=S) groups is 1. The van der Waals surface area contributed by atoms with Gasteiger partial charge in [-0.1, -0.05) is 30.3 Å². The average Bonchev–Trinajstić information content (AvgIpc) is 2.61. The summed E-state index contributed by atoms with van der Waals surface area (Å²) in [5, 5.41) is 2.51. The number of hydrogen-bond acceptors (Lipinski definition) is 4. The number of carbonyl (C=O) groups excluding carboxylic acids is 2. The predicted molar refractivity (Wildman–Crippen MR) is 104 cm³/mol. The van der Waals surface area contributed by atoms with Crippen molar-refractivity contribution in [1.29, 1.82) is 0 Å². The van der Waals surface area contributed by atoms with Crippen molar-refractivity contribution < 1.29 is 14.3 Å². The van der Waals surface area contributed by atoms with Crippen LogP contribution in [-0.2, 0) is 11.2 Å². The molecule has 0 unspecified atom stereocenters. The second-order valence-corrected chi connectivity index (χ2v) is 6.22. The molecule has 0 aromatic heterocycles. The first-order chi connectivity index (χ1) is 12.4. The quantitative estimate of drug-likeness (QED) is 0.555. The van der Waals surface area contributed by atoms with Gasteiger partial charge in [-0.2, -0.15) is 0 Å². The van der Waals surface area contributed by atoms with Gasteiger partial charge >= 0.3 is 0 Å². The fourth-order valence-electron chi connectivity index (χ4n) is 2.12. The number of rotatable bonds is 5. The van der Waals surface area contributed by atoms with Crippen LogP contribution < -0.4 is 20.9 Å². The van der Waals surface area contributed by atoms with E-state index >= 15 is 0 Å². The van der Waals surface area contributed by atoms with Gasteiger partial charge in [0.05, 0.1) is 12.5 Å². The number of carbonyl (C=O) groups is 2. The Balaban J connectivity index is 1.78. The zero-order valence-corrected chi connectivity index (χ0v) is 15.4. The number of amides is 2. The smallest absolute Gasteiger partial charge is 0.257 e. The van der Waals surface area contributed by atoms with Crippen molar-refractivity contribution >= 4 is 29.1 Å². The van der Waals surface area contributed by atoms with Gasteiger partial charge in [-0.3, -0.25) is 25.8 Å². The van der Waals surface area contributed by atoms with E-state index in [4.69, 9.17) is 17.0 Å². The second kappa shape index (κ2) is 9.53. The molecule has 2 aromatic rings. The van der Waals surface area contributed by atoms with Crippen molar-refractivity contribution in [3.05, 3.63) is 65.7 Å². The molecular formula is C19H21N3O3S. The van der Waals surface area contributed by atoms with Gasteiger partial charge in [0.1, 0.15) is 5.75 Å². The van der Waals surface area contributed by atoms with Crippen molar-refractivity contribution in [2.24, 2.45) is 0 Å². The molecule has 0 radical (unpaired) electrons. The maximum absolute atomic E-state index is 12.1. The van der Waals surface area contributed by atoms with Crippen LogP contribution in [0.1, 0.15) is 29.8 Å². The summed E-state index contributed by atoms with van der Waals surface area (Å²) in [5.41, 5.74) is 6.28. The Hall–Kier alpha value is -2.93. The van der Waals surface area contributed by atoms with Crippen LogP contribution in [0.2, 0.25) is 0 Å². The highest BCUT2D eigenvalue weighted by atomic mass is 32.1. The lowest BCUT2D eigenvalue weighted by Gasteiger charge is -2.12. The average molecular weight is 371 g/mol. The lowest BCUT2D eigenvalue weighted by Crippen LogP contribution is -2.48. The fourth-order valence-corrected chi connectivity index (χ4v) is 2.26. The Kier molecular flexibility index (Phi) is 7.11. The van der Waals surface area contributed by atoms with E-state index in [1.54, 1.807) is 24.3 Å². The molecule has 0 aliphatic rings. The van der Waals surface area contributed by atoms with E-state index in [2.05, 4.69) is 16.2 Å². The summed E-state index contributed by atoms with van der Waals surface area (Å²) in [5.74, 6) is 0.0457. The zero-order valence-electron chi connectivity index (χ0n) is 14.6. The van der Waals surface area contributed by atoms with E-state index in [1.165, 1.54) is 0 Å². The van der Waals surface area contributed by atoms with E-state index in [1.807, 2.05) is 44.2 Å². The van der Waals surface area contributed by atoms with E-state index in [9.17, 15) is 9.59 Å². The molecule has 0 fully saturated rings. The minimum Gasteiger partial charge on any atom is -0.491 e. The summed E-state index contributed by atoms with van der Waals surface area (Å²) < 4.78 is 5.53. The molecule has 6 nitrogen and oxygen atoms in total. The Morgan fingerprint density at radius 3 is 2.27 bits per heavy atom. The minimum atomic E-state index is -0.379. The Morgan fingerprint density at radius 1 is 1.00 bits per heavy atom. The lowest BCUT2D eigenvalue weighted by atomic mass is 10.1. The van der Waals surface area contributed by atoms with Crippen LogP contribution in [0.4, 0.5) is 0 Å². The number of hydrogen-bond donors (Lipinski definition) is 3. The van der Waals surface area contributed by atoms with Crippen LogP contribution in [0.3, 0.4) is 0 Å². The number of hydrazine groups is 1. The van der Waals surface area contributed by atoms with Crippen molar-refractivity contribution in [2.45, 2.75) is 26.4 Å². The highest BCUT2D eigenvalue weighted by Gasteiger charge is 2.09. The fraction of sp³-hybridized carbons (Fsp3) is 0.211. The van der Waals surface area contributed by atoms with Gasteiger partial charge < -0.3 is 4.74 Å². The SMILES string of the molecule is CC(C)Oc1ccc(C(=O)NC(=S)NNC(=O)Cc2ccccc2)cc1. The van der Waals surface area contributed by atoms with Gasteiger partial charge in [0.25, 0.3) is 5.91 Å². The van der Waals surface area contributed by atoms with Gasteiger partial charge in [-0.15, -0.1) is 0 Å². The van der Waals surface area contributed by atoms with Crippen LogP contribution >= 0.6 is 12.2 Å². The molecule has 0 bridgehead atoms. The van der Waals surface area contributed by atoms with Gasteiger partial charge in [-0.05, 0) is 55.9 Å². The van der Waals surface area contributed by atoms with E-state index in [0.717, 1.165) is 5.56 Å².